The van der Waals surface area contributed by atoms with E-state index in [1.54, 1.807) is 20.5 Å². The van der Waals surface area contributed by atoms with Gasteiger partial charge in [-0.05, 0) is 48.9 Å². The summed E-state index contributed by atoms with van der Waals surface area (Å²) in [6, 6.07) is 21.7. The summed E-state index contributed by atoms with van der Waals surface area (Å²) in [5.74, 6) is 3.58. The molecule has 2 aliphatic heterocycles. The Kier molecular flexibility index (Phi) is 5.48. The highest BCUT2D eigenvalue weighted by Crippen LogP contribution is 2.51. The molecule has 3 aromatic carbocycles. The third-order valence-corrected chi connectivity index (χ3v) is 6.52. The monoisotopic (exact) mass is 482 g/mol. The molecule has 2 atom stereocenters. The number of methoxy groups -OCH3 is 2. The Labute approximate surface area is 209 Å². The summed E-state index contributed by atoms with van der Waals surface area (Å²) in [5, 5.41) is 8.12. The molecule has 1 aromatic heterocycles. The Morgan fingerprint density at radius 3 is 2.67 bits per heavy atom. The summed E-state index contributed by atoms with van der Waals surface area (Å²) in [4.78, 5) is 4.50. The molecule has 3 heterocycles. The second-order valence-electron chi connectivity index (χ2n) is 8.50. The van der Waals surface area contributed by atoms with Crippen molar-refractivity contribution in [3.8, 4) is 23.0 Å². The molecule has 6 rings (SSSR count). The van der Waals surface area contributed by atoms with Crippen LogP contribution in [0.15, 0.2) is 78.6 Å². The van der Waals surface area contributed by atoms with Gasteiger partial charge in [0.2, 0.25) is 5.95 Å². The Morgan fingerprint density at radius 2 is 1.83 bits per heavy atom. The van der Waals surface area contributed by atoms with Gasteiger partial charge in [-0.15, -0.1) is 0 Å². The fourth-order valence-corrected chi connectivity index (χ4v) is 4.95. The van der Waals surface area contributed by atoms with Gasteiger partial charge in [0.25, 0.3) is 0 Å². The Balaban J connectivity index is 1.59. The molecule has 0 aliphatic carbocycles. The minimum absolute atomic E-state index is 0.298. The molecule has 2 aliphatic rings. The molecule has 4 aromatic rings. The molecule has 182 valence electrons. The average Bonchev–Trinajstić information content (AvgIpc) is 3.40. The normalized spacial score (nSPS) is 17.8. The number of hydrogen-bond acceptors (Lipinski definition) is 7. The van der Waals surface area contributed by atoms with Crippen LogP contribution in [0.2, 0.25) is 0 Å². The average molecular weight is 483 g/mol. The van der Waals surface area contributed by atoms with Gasteiger partial charge in [0, 0.05) is 16.7 Å². The predicted molar refractivity (Wildman–Crippen MR) is 136 cm³/mol. The zero-order valence-electron chi connectivity index (χ0n) is 20.3. The van der Waals surface area contributed by atoms with E-state index in [-0.39, 0.29) is 6.04 Å². The lowest BCUT2D eigenvalue weighted by molar-refractivity contribution is 0.222. The summed E-state index contributed by atoms with van der Waals surface area (Å²) in [6.07, 6.45) is 1.17. The molecule has 0 unspecified atom stereocenters. The number of hydrogen-bond donors (Lipinski definition) is 1. The number of nitrogens with zero attached hydrogens (tertiary/aromatic N) is 3. The van der Waals surface area contributed by atoms with Crippen molar-refractivity contribution < 1.29 is 18.9 Å². The summed E-state index contributed by atoms with van der Waals surface area (Å²) >= 11 is 0. The predicted octanol–water partition coefficient (Wildman–Crippen LogP) is 5.25. The molecule has 0 fully saturated rings. The number of aromatic nitrogens is 3. The molecule has 0 bridgehead atoms. The number of ether oxygens (including phenoxy) is 4. The van der Waals surface area contributed by atoms with E-state index >= 15 is 0 Å². The number of fused-ring (bicyclic) bond motifs is 3. The first-order chi connectivity index (χ1) is 17.7. The lowest BCUT2D eigenvalue weighted by atomic mass is 9.84. The molecular weight excluding hydrogens is 456 g/mol. The highest BCUT2D eigenvalue weighted by molar-refractivity contribution is 5.85. The molecule has 0 spiro atoms. The molecule has 0 saturated heterocycles. The van der Waals surface area contributed by atoms with E-state index in [4.69, 9.17) is 18.9 Å². The number of rotatable bonds is 6. The second-order valence-corrected chi connectivity index (χ2v) is 8.50. The lowest BCUT2D eigenvalue weighted by Crippen LogP contribution is -2.32. The summed E-state index contributed by atoms with van der Waals surface area (Å²) in [7, 11) is 3.31. The number of benzene rings is 3. The van der Waals surface area contributed by atoms with E-state index in [1.807, 2.05) is 66.2 Å². The fourth-order valence-electron chi connectivity index (χ4n) is 4.95. The van der Waals surface area contributed by atoms with Crippen molar-refractivity contribution in [2.45, 2.75) is 19.1 Å². The van der Waals surface area contributed by atoms with Gasteiger partial charge in [-0.25, -0.2) is 4.68 Å². The number of para-hydroxylation sites is 1. The third-order valence-electron chi connectivity index (χ3n) is 6.52. The van der Waals surface area contributed by atoms with Gasteiger partial charge in [-0.2, -0.15) is 10.1 Å². The van der Waals surface area contributed by atoms with Gasteiger partial charge in [-0.3, -0.25) is 0 Å². The van der Waals surface area contributed by atoms with Gasteiger partial charge in [-0.1, -0.05) is 30.3 Å². The molecule has 1 N–H and O–H groups in total. The molecule has 36 heavy (non-hydrogen) atoms. The van der Waals surface area contributed by atoms with Crippen LogP contribution in [0.25, 0.3) is 5.70 Å². The van der Waals surface area contributed by atoms with Crippen molar-refractivity contribution >= 4 is 11.6 Å². The van der Waals surface area contributed by atoms with Crippen LogP contribution >= 0.6 is 0 Å². The summed E-state index contributed by atoms with van der Waals surface area (Å²) in [5.41, 5.74) is 4.91. The van der Waals surface area contributed by atoms with Crippen LogP contribution in [0.1, 0.15) is 35.8 Å². The zero-order chi connectivity index (χ0) is 24.6. The maximum absolute atomic E-state index is 6.68. The van der Waals surface area contributed by atoms with E-state index in [0.717, 1.165) is 39.5 Å². The van der Waals surface area contributed by atoms with Crippen molar-refractivity contribution in [3.63, 3.8) is 0 Å². The molecule has 0 saturated carbocycles. The van der Waals surface area contributed by atoms with Crippen LogP contribution in [-0.2, 0) is 0 Å². The highest BCUT2D eigenvalue weighted by atomic mass is 16.5. The SMILES string of the molecule is CCOc1ccc([C@H]2C3=C(Nc4ncnn42)c2ccccc2O[C@@H]3c2cccc(OC)c2)cc1OC. The molecular formula is C28H26N4O4. The Hall–Kier alpha value is -4.46. The fraction of sp³-hybridized carbons (Fsp3) is 0.214. The number of nitrogens with one attached hydrogen (secondary N) is 1. The first-order valence-electron chi connectivity index (χ1n) is 11.8. The van der Waals surface area contributed by atoms with E-state index in [9.17, 15) is 0 Å². The minimum atomic E-state index is -0.391. The van der Waals surface area contributed by atoms with Crippen LogP contribution < -0.4 is 24.3 Å². The summed E-state index contributed by atoms with van der Waals surface area (Å²) in [6.45, 7) is 2.50. The van der Waals surface area contributed by atoms with Crippen molar-refractivity contribution in [2.75, 3.05) is 26.1 Å². The minimum Gasteiger partial charge on any atom is -0.497 e. The molecule has 8 heteroatoms. The first-order valence-corrected chi connectivity index (χ1v) is 11.8. The van der Waals surface area contributed by atoms with Gasteiger partial charge in [0.05, 0.1) is 26.5 Å². The molecule has 0 radical (unpaired) electrons. The van der Waals surface area contributed by atoms with Crippen LogP contribution in [0.3, 0.4) is 0 Å². The quantitative estimate of drug-likeness (QED) is 0.402. The van der Waals surface area contributed by atoms with E-state index in [0.29, 0.717) is 24.1 Å². The van der Waals surface area contributed by atoms with Gasteiger partial charge >= 0.3 is 0 Å². The second kappa shape index (κ2) is 8.96. The van der Waals surface area contributed by atoms with E-state index < -0.39 is 6.10 Å². The van der Waals surface area contributed by atoms with Crippen LogP contribution in [0.5, 0.6) is 23.0 Å². The van der Waals surface area contributed by atoms with Crippen LogP contribution in [-0.4, -0.2) is 35.6 Å². The highest BCUT2D eigenvalue weighted by Gasteiger charge is 2.41. The maximum Gasteiger partial charge on any atom is 0.226 e. The zero-order valence-corrected chi connectivity index (χ0v) is 20.3. The first kappa shape index (κ1) is 22.0. The summed E-state index contributed by atoms with van der Waals surface area (Å²) < 4.78 is 25.5. The van der Waals surface area contributed by atoms with Crippen molar-refractivity contribution in [1.29, 1.82) is 0 Å². The van der Waals surface area contributed by atoms with Crippen molar-refractivity contribution in [1.82, 2.24) is 14.8 Å². The largest absolute Gasteiger partial charge is 0.497 e. The van der Waals surface area contributed by atoms with Crippen LogP contribution in [0, 0.1) is 0 Å². The molecule has 0 amide bonds. The van der Waals surface area contributed by atoms with Gasteiger partial charge < -0.3 is 24.3 Å². The molecule has 8 nitrogen and oxygen atoms in total. The third kappa shape index (κ3) is 3.53. The lowest BCUT2D eigenvalue weighted by Gasteiger charge is -2.39. The Morgan fingerprint density at radius 1 is 0.944 bits per heavy atom. The van der Waals surface area contributed by atoms with Gasteiger partial charge in [0.1, 0.15) is 30.0 Å². The van der Waals surface area contributed by atoms with Crippen LogP contribution in [0.4, 0.5) is 5.95 Å². The van der Waals surface area contributed by atoms with Crippen molar-refractivity contribution in [2.24, 2.45) is 0 Å². The standard InChI is InChI=1S/C28H26N4O4/c1-4-35-22-13-12-17(15-23(22)34-3)26-24-25(31-28-29-16-30-32(26)28)20-10-5-6-11-21(20)36-27(24)18-8-7-9-19(14-18)33-2/h5-16,26-27H,4H2,1-3H3,(H,29,30,31)/t26-,27+/m0/s1. The van der Waals surface area contributed by atoms with Crippen molar-refractivity contribution in [3.05, 3.63) is 95.3 Å². The maximum atomic E-state index is 6.68. The smallest absolute Gasteiger partial charge is 0.226 e. The Bertz CT molecular complexity index is 1460. The topological polar surface area (TPSA) is 79.7 Å². The number of anilines is 1. The van der Waals surface area contributed by atoms with E-state index in [1.165, 1.54) is 0 Å². The van der Waals surface area contributed by atoms with E-state index in [2.05, 4.69) is 27.5 Å². The van der Waals surface area contributed by atoms with Gasteiger partial charge in [0.15, 0.2) is 11.5 Å².